The van der Waals surface area contributed by atoms with Gasteiger partial charge < -0.3 is 0 Å². The van der Waals surface area contributed by atoms with Gasteiger partial charge in [0.15, 0.2) is 0 Å². The Labute approximate surface area is 170 Å². The molecule has 27 heavy (non-hydrogen) atoms. The van der Waals surface area contributed by atoms with E-state index in [0.717, 1.165) is 0 Å². The van der Waals surface area contributed by atoms with Gasteiger partial charge in [-0.3, -0.25) is 0 Å². The number of aryl methyl sites for hydroxylation is 4. The molecule has 0 heterocycles. The van der Waals surface area contributed by atoms with E-state index in [1.807, 2.05) is 0 Å². The van der Waals surface area contributed by atoms with Crippen molar-refractivity contribution in [2.45, 2.75) is 41.9 Å². The summed E-state index contributed by atoms with van der Waals surface area (Å²) in [6, 6.07) is 9.14. The van der Waals surface area contributed by atoms with E-state index in [4.69, 9.17) is 17.0 Å². The molecule has 2 aromatic carbocycles. The second-order valence-electron chi connectivity index (χ2n) is 8.32. The molecular weight excluding hydrogens is 450 g/mol. The molecular formula is C24H26Cl2Zr. The average molecular weight is 477 g/mol. The monoisotopic (exact) mass is 474 g/mol. The molecule has 2 aromatic rings. The number of fused-ring (bicyclic) bond motifs is 2. The predicted octanol–water partition coefficient (Wildman–Crippen LogP) is 7.58. The van der Waals surface area contributed by atoms with E-state index in [-0.39, 0.29) is 7.25 Å². The molecule has 2 unspecified atom stereocenters. The van der Waals surface area contributed by atoms with Gasteiger partial charge in [-0.15, -0.1) is 0 Å². The van der Waals surface area contributed by atoms with Crippen LogP contribution in [0.3, 0.4) is 0 Å². The first-order valence-corrected chi connectivity index (χ1v) is 20.2. The van der Waals surface area contributed by atoms with Crippen LogP contribution in [-0.4, -0.2) is 3.71 Å². The van der Waals surface area contributed by atoms with Crippen molar-refractivity contribution in [3.8, 4) is 0 Å². The Morgan fingerprint density at radius 3 is 1.44 bits per heavy atom. The predicted molar refractivity (Wildman–Crippen MR) is 119 cm³/mol. The van der Waals surface area contributed by atoms with E-state index in [2.05, 4.69) is 86.9 Å². The fourth-order valence-corrected chi connectivity index (χ4v) is 18.3. The van der Waals surface area contributed by atoms with E-state index >= 15 is 0 Å². The van der Waals surface area contributed by atoms with E-state index in [0.29, 0.717) is 0 Å². The Kier molecular flexibility index (Phi) is 4.62. The van der Waals surface area contributed by atoms with Gasteiger partial charge in [-0.05, 0) is 0 Å². The van der Waals surface area contributed by atoms with Crippen molar-refractivity contribution in [3.05, 3.63) is 80.9 Å². The Hall–Kier alpha value is -0.747. The van der Waals surface area contributed by atoms with Gasteiger partial charge in [0.2, 0.25) is 0 Å². The summed E-state index contributed by atoms with van der Waals surface area (Å²) in [4.78, 5) is 0. The molecule has 4 rings (SSSR count). The summed E-state index contributed by atoms with van der Waals surface area (Å²) < 4.78 is 2.41. The fraction of sp³-hybridized carbons (Fsp3) is 0.292. The third-order valence-corrected chi connectivity index (χ3v) is 25.9. The van der Waals surface area contributed by atoms with Crippen LogP contribution < -0.4 is 0 Å². The quantitative estimate of drug-likeness (QED) is 0.419. The van der Waals surface area contributed by atoms with Crippen LogP contribution >= 0.6 is 17.0 Å². The van der Waals surface area contributed by atoms with Gasteiger partial charge in [0, 0.05) is 0 Å². The Morgan fingerprint density at radius 2 is 1.07 bits per heavy atom. The summed E-state index contributed by atoms with van der Waals surface area (Å²) in [5.74, 6) is 0. The Balaban J connectivity index is 1.91. The van der Waals surface area contributed by atoms with E-state index < -0.39 is 15.9 Å². The van der Waals surface area contributed by atoms with Crippen LogP contribution in [0, 0.1) is 27.7 Å². The molecule has 0 saturated heterocycles. The van der Waals surface area contributed by atoms with Gasteiger partial charge in [-0.2, -0.15) is 0 Å². The van der Waals surface area contributed by atoms with Crippen molar-refractivity contribution >= 4 is 32.9 Å². The number of hydrogen-bond donors (Lipinski definition) is 0. The fourth-order valence-electron chi connectivity index (χ4n) is 4.67. The molecule has 0 saturated carbocycles. The van der Waals surface area contributed by atoms with Gasteiger partial charge in [-0.1, -0.05) is 0 Å². The van der Waals surface area contributed by atoms with Crippen molar-refractivity contribution in [1.29, 1.82) is 0 Å². The molecule has 0 amide bonds. The molecule has 2 atom stereocenters. The summed E-state index contributed by atoms with van der Waals surface area (Å²) in [5.41, 5.74) is 10.4. The summed E-state index contributed by atoms with van der Waals surface area (Å²) in [6.07, 6.45) is 8.96. The first kappa shape index (κ1) is 19.6. The van der Waals surface area contributed by atoms with Crippen LogP contribution in [0.4, 0.5) is 0 Å². The van der Waals surface area contributed by atoms with Crippen molar-refractivity contribution in [3.63, 3.8) is 0 Å². The molecule has 0 bridgehead atoms. The first-order chi connectivity index (χ1) is 12.6. The van der Waals surface area contributed by atoms with Gasteiger partial charge in [0.1, 0.15) is 0 Å². The minimum absolute atomic E-state index is 0.108. The zero-order valence-corrected chi connectivity index (χ0v) is 20.6. The van der Waals surface area contributed by atoms with Gasteiger partial charge in [0.05, 0.1) is 0 Å². The standard InChI is InChI=1S/2C11H11.C2H4.2ClH.Zr/c2*1-8-6-10-4-3-5-11(10)7-9(8)2;1-2;;;/h2*3-7H,1-2H3;1H,2H3;2*1H;/q;;;;;+2/p-2. The molecule has 3 heteroatoms. The number of rotatable bonds is 2. The summed E-state index contributed by atoms with van der Waals surface area (Å²) >= 11 is -4.40. The van der Waals surface area contributed by atoms with Crippen molar-refractivity contribution in [2.75, 3.05) is 0 Å². The maximum absolute atomic E-state index is 7.65. The molecule has 0 spiro atoms. The minimum atomic E-state index is -4.40. The van der Waals surface area contributed by atoms with Crippen LogP contribution in [0.2, 0.25) is 0 Å². The Bertz CT molecular complexity index is 1020. The van der Waals surface area contributed by atoms with Crippen molar-refractivity contribution in [1.82, 2.24) is 0 Å². The van der Waals surface area contributed by atoms with Crippen molar-refractivity contribution < 1.29 is 15.9 Å². The normalized spacial score (nSPS) is 20.7. The SMILES string of the molecule is C[CH]=[Zr]([Cl])([Cl])([CH]1C=Cc2cc(C)c(C)cc21)[CH]1C=Cc2cc(C)c(C)cc21. The molecule has 0 radical (unpaired) electrons. The summed E-state index contributed by atoms with van der Waals surface area (Å²) in [7, 11) is 15.3. The van der Waals surface area contributed by atoms with E-state index in [1.54, 1.807) is 0 Å². The average Bonchev–Trinajstić information content (AvgIpc) is 3.21. The molecule has 0 aromatic heterocycles. The van der Waals surface area contributed by atoms with Crippen LogP contribution in [0.1, 0.15) is 58.7 Å². The molecule has 0 aliphatic heterocycles. The van der Waals surface area contributed by atoms with Crippen LogP contribution in [0.5, 0.6) is 0 Å². The molecule has 2 aliphatic carbocycles. The first-order valence-electron chi connectivity index (χ1n) is 9.62. The molecule has 0 nitrogen and oxygen atoms in total. The maximum atomic E-state index is 7.65. The Morgan fingerprint density at radius 1 is 0.704 bits per heavy atom. The second kappa shape index (κ2) is 6.38. The number of allylic oxidation sites excluding steroid dienone is 2. The summed E-state index contributed by atoms with van der Waals surface area (Å²) in [5, 5.41) is 0. The third-order valence-electron chi connectivity index (χ3n) is 6.75. The van der Waals surface area contributed by atoms with Crippen LogP contribution in [-0.2, 0) is 15.9 Å². The molecule has 0 N–H and O–H groups in total. The zero-order valence-electron chi connectivity index (χ0n) is 16.6. The van der Waals surface area contributed by atoms with Gasteiger partial charge in [-0.25, -0.2) is 0 Å². The topological polar surface area (TPSA) is 0 Å². The second-order valence-corrected chi connectivity index (χ2v) is 30.0. The van der Waals surface area contributed by atoms with E-state index in [9.17, 15) is 0 Å². The van der Waals surface area contributed by atoms with Crippen LogP contribution in [0.25, 0.3) is 12.2 Å². The number of hydrogen-bond acceptors (Lipinski definition) is 0. The molecule has 0 fully saturated rings. The summed E-state index contributed by atoms with van der Waals surface area (Å²) in [6.45, 7) is 10.7. The third kappa shape index (κ3) is 2.85. The molecule has 140 valence electrons. The molecule has 2 aliphatic rings. The zero-order chi connectivity index (χ0) is 19.6. The van der Waals surface area contributed by atoms with Gasteiger partial charge in [0.25, 0.3) is 0 Å². The number of halogens is 2. The van der Waals surface area contributed by atoms with Crippen molar-refractivity contribution in [2.24, 2.45) is 0 Å². The van der Waals surface area contributed by atoms with Gasteiger partial charge >= 0.3 is 172 Å². The van der Waals surface area contributed by atoms with Crippen LogP contribution in [0.15, 0.2) is 36.4 Å². The van der Waals surface area contributed by atoms with E-state index in [1.165, 1.54) is 44.5 Å². The number of benzene rings is 2.